The number of pyridine rings is 1. The van der Waals surface area contributed by atoms with Crippen molar-refractivity contribution in [2.75, 3.05) is 11.1 Å². The van der Waals surface area contributed by atoms with Gasteiger partial charge in [-0.3, -0.25) is 4.79 Å². The Bertz CT molecular complexity index is 724. The average Bonchev–Trinajstić information content (AvgIpc) is 2.49. The van der Waals surface area contributed by atoms with Gasteiger partial charge in [0.15, 0.2) is 5.82 Å². The Balaban J connectivity index is 2.02. The van der Waals surface area contributed by atoms with Crippen LogP contribution < -0.4 is 5.32 Å². The summed E-state index contributed by atoms with van der Waals surface area (Å²) in [7, 11) is 0. The first-order chi connectivity index (χ1) is 10.4. The SMILES string of the molecule is Cc1c(Cl)cnc(NC(=O)CSc2cc(Cl)ccc2Cl)c1Cl. The molecule has 1 amide bonds. The summed E-state index contributed by atoms with van der Waals surface area (Å²) >= 11 is 25.2. The van der Waals surface area contributed by atoms with Crippen molar-refractivity contribution in [2.24, 2.45) is 0 Å². The zero-order valence-corrected chi connectivity index (χ0v) is 15.1. The van der Waals surface area contributed by atoms with Crippen LogP contribution in [0.15, 0.2) is 29.3 Å². The van der Waals surface area contributed by atoms with Gasteiger partial charge < -0.3 is 5.32 Å². The highest BCUT2D eigenvalue weighted by Crippen LogP contribution is 2.31. The Labute approximate surface area is 152 Å². The van der Waals surface area contributed by atoms with Crippen molar-refractivity contribution in [1.29, 1.82) is 0 Å². The van der Waals surface area contributed by atoms with Gasteiger partial charge in [-0.25, -0.2) is 4.98 Å². The molecule has 0 spiro atoms. The van der Waals surface area contributed by atoms with Crippen LogP contribution in [0.4, 0.5) is 5.82 Å². The first-order valence-corrected chi connectivity index (χ1v) is 8.56. The van der Waals surface area contributed by atoms with Gasteiger partial charge in [-0.15, -0.1) is 11.8 Å². The molecule has 0 fully saturated rings. The molecule has 3 nitrogen and oxygen atoms in total. The number of benzene rings is 1. The van der Waals surface area contributed by atoms with Crippen LogP contribution in [0.5, 0.6) is 0 Å². The van der Waals surface area contributed by atoms with Gasteiger partial charge in [0, 0.05) is 16.1 Å². The molecule has 0 radical (unpaired) electrons. The third kappa shape index (κ3) is 4.43. The van der Waals surface area contributed by atoms with Crippen LogP contribution in [0.2, 0.25) is 20.1 Å². The van der Waals surface area contributed by atoms with E-state index in [-0.39, 0.29) is 17.5 Å². The van der Waals surface area contributed by atoms with Crippen LogP contribution in [-0.2, 0) is 4.79 Å². The molecule has 1 N–H and O–H groups in total. The van der Waals surface area contributed by atoms with Crippen molar-refractivity contribution in [3.8, 4) is 0 Å². The first kappa shape index (κ1) is 17.7. The number of anilines is 1. The molecular formula is C14H10Cl4N2OS. The molecule has 1 aromatic heterocycles. The minimum atomic E-state index is -0.253. The van der Waals surface area contributed by atoms with Gasteiger partial charge in [0.2, 0.25) is 5.91 Å². The largest absolute Gasteiger partial charge is 0.309 e. The Morgan fingerprint density at radius 3 is 2.68 bits per heavy atom. The van der Waals surface area contributed by atoms with Gasteiger partial charge in [0.25, 0.3) is 0 Å². The Morgan fingerprint density at radius 1 is 1.23 bits per heavy atom. The molecule has 8 heteroatoms. The molecule has 0 unspecified atom stereocenters. The normalized spacial score (nSPS) is 10.6. The molecule has 0 aliphatic rings. The molecule has 0 saturated heterocycles. The van der Waals surface area contributed by atoms with Crippen molar-refractivity contribution in [1.82, 2.24) is 4.98 Å². The molecule has 1 heterocycles. The van der Waals surface area contributed by atoms with Crippen molar-refractivity contribution in [3.63, 3.8) is 0 Å². The van der Waals surface area contributed by atoms with E-state index in [4.69, 9.17) is 46.4 Å². The highest BCUT2D eigenvalue weighted by molar-refractivity contribution is 8.00. The van der Waals surface area contributed by atoms with Gasteiger partial charge in [-0.1, -0.05) is 46.4 Å². The van der Waals surface area contributed by atoms with Crippen LogP contribution in [0.25, 0.3) is 0 Å². The number of aromatic nitrogens is 1. The number of thioether (sulfide) groups is 1. The highest BCUT2D eigenvalue weighted by atomic mass is 35.5. The minimum Gasteiger partial charge on any atom is -0.309 e. The maximum atomic E-state index is 12.0. The molecule has 0 bridgehead atoms. The summed E-state index contributed by atoms with van der Waals surface area (Å²) in [6.45, 7) is 1.75. The number of hydrogen-bond donors (Lipinski definition) is 1. The third-order valence-electron chi connectivity index (χ3n) is 2.71. The smallest absolute Gasteiger partial charge is 0.235 e. The van der Waals surface area contributed by atoms with Crippen LogP contribution >= 0.6 is 58.2 Å². The fraction of sp³-hybridized carbons (Fsp3) is 0.143. The monoisotopic (exact) mass is 394 g/mol. The maximum absolute atomic E-state index is 12.0. The van der Waals surface area contributed by atoms with Crippen LogP contribution in [0.1, 0.15) is 5.56 Å². The zero-order valence-electron chi connectivity index (χ0n) is 11.3. The van der Waals surface area contributed by atoms with E-state index in [1.54, 1.807) is 25.1 Å². The second-order valence-electron chi connectivity index (χ2n) is 4.31. The maximum Gasteiger partial charge on any atom is 0.235 e. The number of hydrogen-bond acceptors (Lipinski definition) is 3. The number of rotatable bonds is 4. The summed E-state index contributed by atoms with van der Waals surface area (Å²) in [5, 5.41) is 4.52. The van der Waals surface area contributed by atoms with Gasteiger partial charge >= 0.3 is 0 Å². The molecule has 0 aliphatic carbocycles. The number of nitrogens with zero attached hydrogens (tertiary/aromatic N) is 1. The lowest BCUT2D eigenvalue weighted by Crippen LogP contribution is -2.15. The molecule has 1 aromatic carbocycles. The van der Waals surface area contributed by atoms with E-state index < -0.39 is 0 Å². The Kier molecular flexibility index (Phi) is 6.24. The molecule has 0 atom stereocenters. The van der Waals surface area contributed by atoms with E-state index in [9.17, 15) is 4.79 Å². The molecule has 22 heavy (non-hydrogen) atoms. The lowest BCUT2D eigenvalue weighted by Gasteiger charge is -2.09. The van der Waals surface area contributed by atoms with Gasteiger partial charge in [0.05, 0.1) is 20.8 Å². The summed E-state index contributed by atoms with van der Waals surface area (Å²) in [5.41, 5.74) is 0.666. The van der Waals surface area contributed by atoms with E-state index in [1.807, 2.05) is 0 Å². The minimum absolute atomic E-state index is 0.153. The third-order valence-corrected chi connectivity index (χ3v) is 5.29. The predicted octanol–water partition coefficient (Wildman–Crippen LogP) is 5.73. The van der Waals surface area contributed by atoms with E-state index in [2.05, 4.69) is 10.3 Å². The fourth-order valence-corrected chi connectivity index (χ4v) is 3.23. The van der Waals surface area contributed by atoms with Crippen LogP contribution in [0, 0.1) is 6.92 Å². The van der Waals surface area contributed by atoms with E-state index in [1.165, 1.54) is 18.0 Å². The van der Waals surface area contributed by atoms with E-state index in [0.717, 1.165) is 4.90 Å². The number of amides is 1. The van der Waals surface area contributed by atoms with E-state index >= 15 is 0 Å². The summed E-state index contributed by atoms with van der Waals surface area (Å²) in [5.74, 6) is 0.184. The molecule has 2 rings (SSSR count). The zero-order chi connectivity index (χ0) is 16.3. The van der Waals surface area contributed by atoms with Crippen molar-refractivity contribution in [2.45, 2.75) is 11.8 Å². The highest BCUT2D eigenvalue weighted by Gasteiger charge is 2.12. The standard InChI is InChI=1S/C14H10Cl4N2OS/c1-7-10(17)5-19-14(13(7)18)20-12(21)6-22-11-4-8(15)2-3-9(11)16/h2-5H,6H2,1H3,(H,19,20,21). The molecule has 0 saturated carbocycles. The van der Waals surface area contributed by atoms with Crippen molar-refractivity contribution < 1.29 is 4.79 Å². The fourth-order valence-electron chi connectivity index (χ4n) is 1.54. The first-order valence-electron chi connectivity index (χ1n) is 6.06. The van der Waals surface area contributed by atoms with Gasteiger partial charge in [-0.2, -0.15) is 0 Å². The van der Waals surface area contributed by atoms with E-state index in [0.29, 0.717) is 25.7 Å². The topological polar surface area (TPSA) is 42.0 Å². The number of carbonyl (C=O) groups excluding carboxylic acids is 1. The second kappa shape index (κ2) is 7.75. The molecule has 2 aromatic rings. The lowest BCUT2D eigenvalue weighted by molar-refractivity contribution is -0.113. The summed E-state index contributed by atoms with van der Waals surface area (Å²) in [4.78, 5) is 16.7. The number of halogens is 4. The van der Waals surface area contributed by atoms with Gasteiger partial charge in [0.1, 0.15) is 0 Å². The average molecular weight is 396 g/mol. The Morgan fingerprint density at radius 2 is 1.95 bits per heavy atom. The quantitative estimate of drug-likeness (QED) is 0.671. The van der Waals surface area contributed by atoms with Crippen molar-refractivity contribution >= 4 is 69.9 Å². The summed E-state index contributed by atoms with van der Waals surface area (Å²) in [6.07, 6.45) is 1.44. The molecule has 0 aliphatic heterocycles. The number of carbonyl (C=O) groups is 1. The predicted molar refractivity (Wildman–Crippen MR) is 94.8 cm³/mol. The summed E-state index contributed by atoms with van der Waals surface area (Å²) in [6, 6.07) is 5.08. The second-order valence-corrected chi connectivity index (χ2v) is 6.95. The van der Waals surface area contributed by atoms with Gasteiger partial charge in [-0.05, 0) is 30.7 Å². The van der Waals surface area contributed by atoms with Crippen LogP contribution in [-0.4, -0.2) is 16.6 Å². The van der Waals surface area contributed by atoms with Crippen LogP contribution in [0.3, 0.4) is 0 Å². The number of nitrogens with one attached hydrogen (secondary N) is 1. The summed E-state index contributed by atoms with van der Waals surface area (Å²) < 4.78 is 0. The molecule has 116 valence electrons. The van der Waals surface area contributed by atoms with Crippen molar-refractivity contribution in [3.05, 3.63) is 50.0 Å². The lowest BCUT2D eigenvalue weighted by atomic mass is 10.3. The molecular weight excluding hydrogens is 386 g/mol. The Hall–Kier alpha value is -0.650.